The van der Waals surface area contributed by atoms with Gasteiger partial charge in [0.15, 0.2) is 0 Å². The zero-order chi connectivity index (χ0) is 23.2. The van der Waals surface area contributed by atoms with E-state index in [0.29, 0.717) is 35.7 Å². The first-order chi connectivity index (χ1) is 16.1. The molecule has 2 amide bonds. The lowest BCUT2D eigenvalue weighted by atomic mass is 10.0. The second-order valence-electron chi connectivity index (χ2n) is 7.66. The van der Waals surface area contributed by atoms with E-state index in [4.69, 9.17) is 4.74 Å². The Labute approximate surface area is 193 Å². The minimum Gasteiger partial charge on any atom is -0.496 e. The van der Waals surface area contributed by atoms with Gasteiger partial charge >= 0.3 is 0 Å². The minimum atomic E-state index is -0.321. The first kappa shape index (κ1) is 22.2. The molecule has 33 heavy (non-hydrogen) atoms. The van der Waals surface area contributed by atoms with Crippen molar-refractivity contribution in [1.29, 1.82) is 0 Å². The smallest absolute Gasteiger partial charge is 0.278 e. The molecule has 3 aromatic rings. The molecule has 3 heterocycles. The normalized spacial score (nSPS) is 13.6. The van der Waals surface area contributed by atoms with Crippen LogP contribution >= 0.6 is 0 Å². The molecule has 0 atom stereocenters. The van der Waals surface area contributed by atoms with E-state index >= 15 is 0 Å². The summed E-state index contributed by atoms with van der Waals surface area (Å²) in [6.07, 6.45) is 7.55. The first-order valence-electron chi connectivity index (χ1n) is 10.9. The van der Waals surface area contributed by atoms with E-state index in [1.54, 1.807) is 38.0 Å². The number of para-hydroxylation sites is 1. The van der Waals surface area contributed by atoms with E-state index in [-0.39, 0.29) is 18.4 Å². The third-order valence-electron chi connectivity index (χ3n) is 5.73. The topological polar surface area (TPSA) is 75.6 Å². The van der Waals surface area contributed by atoms with Gasteiger partial charge in [-0.3, -0.25) is 24.5 Å². The Bertz CT molecular complexity index is 1160. The molecule has 7 heteroatoms. The molecule has 0 saturated carbocycles. The number of pyridine rings is 2. The second kappa shape index (κ2) is 10.1. The number of hydrogen-bond acceptors (Lipinski definition) is 6. The summed E-state index contributed by atoms with van der Waals surface area (Å²) in [5.41, 5.74) is 3.37. The van der Waals surface area contributed by atoms with Crippen LogP contribution in [-0.2, 0) is 22.6 Å². The molecule has 0 spiro atoms. The van der Waals surface area contributed by atoms with E-state index in [0.717, 1.165) is 17.5 Å². The number of imide groups is 1. The zero-order valence-corrected chi connectivity index (χ0v) is 18.8. The van der Waals surface area contributed by atoms with E-state index < -0.39 is 0 Å². The monoisotopic (exact) mass is 442 g/mol. The van der Waals surface area contributed by atoms with Crippen LogP contribution in [0.4, 0.5) is 0 Å². The highest BCUT2D eigenvalue weighted by Crippen LogP contribution is 2.36. The molecule has 0 fully saturated rings. The van der Waals surface area contributed by atoms with Crippen molar-refractivity contribution in [3.63, 3.8) is 0 Å². The maximum absolute atomic E-state index is 13.7. The van der Waals surface area contributed by atoms with Crippen molar-refractivity contribution in [2.75, 3.05) is 20.2 Å². The number of carbonyl (C=O) groups excluding carboxylic acids is 2. The number of aromatic nitrogens is 2. The molecular formula is C26H26N4O3. The molecule has 0 bridgehead atoms. The summed E-state index contributed by atoms with van der Waals surface area (Å²) in [6.45, 7) is 3.35. The first-order valence-corrected chi connectivity index (χ1v) is 10.9. The van der Waals surface area contributed by atoms with Crippen LogP contribution in [0.1, 0.15) is 23.6 Å². The molecule has 0 saturated heterocycles. The van der Waals surface area contributed by atoms with Crippen molar-refractivity contribution < 1.29 is 14.3 Å². The molecule has 0 unspecified atom stereocenters. The van der Waals surface area contributed by atoms with Crippen LogP contribution in [0.3, 0.4) is 0 Å². The Balaban J connectivity index is 1.74. The van der Waals surface area contributed by atoms with Crippen LogP contribution in [0.5, 0.6) is 5.75 Å². The molecule has 0 aliphatic carbocycles. The van der Waals surface area contributed by atoms with Crippen LogP contribution in [0.25, 0.3) is 5.57 Å². The van der Waals surface area contributed by atoms with Crippen molar-refractivity contribution >= 4 is 17.4 Å². The molecule has 1 aliphatic rings. The second-order valence-corrected chi connectivity index (χ2v) is 7.66. The molecule has 1 aromatic carbocycles. The summed E-state index contributed by atoms with van der Waals surface area (Å²) in [6, 6.07) is 14.9. The van der Waals surface area contributed by atoms with Gasteiger partial charge in [-0.25, -0.2) is 0 Å². The summed E-state index contributed by atoms with van der Waals surface area (Å²) in [4.78, 5) is 38.7. The molecule has 0 N–H and O–H groups in total. The Morgan fingerprint density at radius 3 is 2.15 bits per heavy atom. The Hall–Kier alpha value is -4.00. The van der Waals surface area contributed by atoms with Gasteiger partial charge in [-0.2, -0.15) is 0 Å². The Morgan fingerprint density at radius 2 is 1.52 bits per heavy atom. The van der Waals surface area contributed by atoms with E-state index in [2.05, 4.69) is 9.97 Å². The van der Waals surface area contributed by atoms with Crippen molar-refractivity contribution in [3.05, 3.63) is 95.7 Å². The van der Waals surface area contributed by atoms with Gasteiger partial charge in [-0.15, -0.1) is 0 Å². The van der Waals surface area contributed by atoms with E-state index in [1.165, 1.54) is 4.90 Å². The maximum atomic E-state index is 13.7. The van der Waals surface area contributed by atoms with Crippen molar-refractivity contribution in [3.8, 4) is 5.75 Å². The predicted molar refractivity (Wildman–Crippen MR) is 125 cm³/mol. The number of benzene rings is 1. The third kappa shape index (κ3) is 4.62. The van der Waals surface area contributed by atoms with Crippen LogP contribution in [0, 0.1) is 0 Å². The number of amides is 2. The molecular weight excluding hydrogens is 416 g/mol. The molecule has 7 nitrogen and oxygen atoms in total. The summed E-state index contributed by atoms with van der Waals surface area (Å²) in [7, 11) is 1.57. The average Bonchev–Trinajstić information content (AvgIpc) is 3.10. The highest BCUT2D eigenvalue weighted by Gasteiger charge is 2.42. The predicted octanol–water partition coefficient (Wildman–Crippen LogP) is 3.33. The van der Waals surface area contributed by atoms with Crippen molar-refractivity contribution in [2.24, 2.45) is 0 Å². The number of rotatable bonds is 9. The number of ether oxygens (including phenoxy) is 1. The fraction of sp³-hybridized carbons (Fsp3) is 0.231. The Morgan fingerprint density at radius 1 is 0.879 bits per heavy atom. The lowest BCUT2D eigenvalue weighted by Crippen LogP contribution is -2.35. The number of nitrogens with zero attached hydrogens (tertiary/aromatic N) is 4. The summed E-state index contributed by atoms with van der Waals surface area (Å²) in [5, 5.41) is 0. The highest BCUT2D eigenvalue weighted by molar-refractivity contribution is 6.35. The molecule has 4 rings (SSSR count). The quantitative estimate of drug-likeness (QED) is 0.473. The van der Waals surface area contributed by atoms with Gasteiger partial charge in [0.25, 0.3) is 11.8 Å². The standard InChI is InChI=1S/C26H26N4O3/c1-3-29(17-12-19-8-13-27-14-9-19)24-23(21-6-4-5-7-22(21)33-2)25(31)30(26(24)32)18-20-10-15-28-16-11-20/h4-11,13-16H,3,12,17-18H2,1-2H3. The zero-order valence-electron chi connectivity index (χ0n) is 18.8. The molecule has 2 aromatic heterocycles. The van der Waals surface area contributed by atoms with Gasteiger partial charge in [0.2, 0.25) is 0 Å². The van der Waals surface area contributed by atoms with Gasteiger partial charge in [0.1, 0.15) is 11.4 Å². The summed E-state index contributed by atoms with van der Waals surface area (Å²) < 4.78 is 5.54. The van der Waals surface area contributed by atoms with Crippen LogP contribution in [-0.4, -0.2) is 51.8 Å². The van der Waals surface area contributed by atoms with Gasteiger partial charge < -0.3 is 9.64 Å². The number of hydrogen-bond donors (Lipinski definition) is 0. The van der Waals surface area contributed by atoms with Gasteiger partial charge in [-0.1, -0.05) is 18.2 Å². The van der Waals surface area contributed by atoms with Crippen LogP contribution in [0.2, 0.25) is 0 Å². The largest absolute Gasteiger partial charge is 0.496 e. The van der Waals surface area contributed by atoms with Crippen LogP contribution < -0.4 is 4.74 Å². The number of methoxy groups -OCH3 is 1. The lowest BCUT2D eigenvalue weighted by Gasteiger charge is -2.25. The third-order valence-corrected chi connectivity index (χ3v) is 5.73. The van der Waals surface area contributed by atoms with Gasteiger partial charge in [-0.05, 0) is 54.8 Å². The fourth-order valence-electron chi connectivity index (χ4n) is 4.01. The summed E-state index contributed by atoms with van der Waals surface area (Å²) >= 11 is 0. The Kier molecular flexibility index (Phi) is 6.78. The van der Waals surface area contributed by atoms with Crippen molar-refractivity contribution in [1.82, 2.24) is 19.8 Å². The average molecular weight is 443 g/mol. The molecule has 168 valence electrons. The molecule has 0 radical (unpaired) electrons. The lowest BCUT2D eigenvalue weighted by molar-refractivity contribution is -0.138. The summed E-state index contributed by atoms with van der Waals surface area (Å²) in [5.74, 6) is -0.0601. The van der Waals surface area contributed by atoms with E-state index in [9.17, 15) is 9.59 Å². The SMILES string of the molecule is CCN(CCc1ccncc1)C1=C(c2ccccc2OC)C(=O)N(Cc2ccncc2)C1=O. The van der Waals surface area contributed by atoms with Gasteiger partial charge in [0.05, 0.1) is 19.2 Å². The van der Waals surface area contributed by atoms with E-state index in [1.807, 2.05) is 54.3 Å². The van der Waals surface area contributed by atoms with Crippen LogP contribution in [0.15, 0.2) is 79.0 Å². The molecule has 1 aliphatic heterocycles. The number of carbonyl (C=O) groups is 2. The fourth-order valence-corrected chi connectivity index (χ4v) is 4.01. The van der Waals surface area contributed by atoms with Crippen molar-refractivity contribution in [2.45, 2.75) is 19.9 Å². The number of likely N-dealkylation sites (N-methyl/N-ethyl adjacent to an activating group) is 1. The maximum Gasteiger partial charge on any atom is 0.278 e. The minimum absolute atomic E-state index is 0.185. The highest BCUT2D eigenvalue weighted by atomic mass is 16.5. The van der Waals surface area contributed by atoms with Gasteiger partial charge in [0, 0.05) is 43.4 Å².